The molecule has 0 radical (unpaired) electrons. The normalized spacial score (nSPS) is 12.9. The molecule has 0 amide bonds. The first-order valence-electron chi connectivity index (χ1n) is 1.78. The Labute approximate surface area is 50.9 Å². The van der Waals surface area contributed by atoms with Crippen LogP contribution in [-0.2, 0) is 0 Å². The van der Waals surface area contributed by atoms with Crippen molar-refractivity contribution in [3.05, 3.63) is 0 Å². The summed E-state index contributed by atoms with van der Waals surface area (Å²) >= 11 is 1.19. The topological polar surface area (TPSA) is 65.2 Å². The van der Waals surface area contributed by atoms with Crippen LogP contribution in [0.5, 0.6) is 0 Å². The smallest absolute Gasteiger partial charge is 0.157 e. The van der Waals surface area contributed by atoms with E-state index in [1.54, 1.807) is 6.26 Å². The lowest BCUT2D eigenvalue weighted by Crippen LogP contribution is -1.90. The largest absolute Gasteiger partial charge is 0.411 e. The first kappa shape index (κ1) is 7.29. The lowest BCUT2D eigenvalue weighted by atomic mass is 10.8. The van der Waals surface area contributed by atoms with Crippen LogP contribution in [0.3, 0.4) is 0 Å². The van der Waals surface area contributed by atoms with Gasteiger partial charge < -0.3 is 10.4 Å². The summed E-state index contributed by atoms with van der Waals surface area (Å²) in [5.74, 6) is 0. The highest BCUT2D eigenvalue weighted by Crippen LogP contribution is 1.92. The summed E-state index contributed by atoms with van der Waals surface area (Å²) in [6, 6.07) is 0. The zero-order chi connectivity index (χ0) is 6.41. The van der Waals surface area contributed by atoms with E-state index in [0.29, 0.717) is 0 Å². The molecule has 0 aromatic rings. The average Bonchev–Trinajstić information content (AvgIpc) is 1.83. The van der Waals surface area contributed by atoms with Gasteiger partial charge in [-0.15, -0.1) is 11.8 Å². The fourth-order valence-electron chi connectivity index (χ4n) is 0.169. The summed E-state index contributed by atoms with van der Waals surface area (Å²) in [7, 11) is 0. The molecule has 0 saturated carbocycles. The van der Waals surface area contributed by atoms with E-state index in [4.69, 9.17) is 10.4 Å². The van der Waals surface area contributed by atoms with Crippen molar-refractivity contribution in [2.75, 3.05) is 6.26 Å². The summed E-state index contributed by atoms with van der Waals surface area (Å²) in [4.78, 5) is 0. The Morgan fingerprint density at radius 1 is 1.62 bits per heavy atom. The summed E-state index contributed by atoms with van der Waals surface area (Å²) < 4.78 is 0. The van der Waals surface area contributed by atoms with Crippen molar-refractivity contribution in [1.29, 1.82) is 0 Å². The third-order valence-electron chi connectivity index (χ3n) is 0.476. The molecule has 0 aromatic carbocycles. The van der Waals surface area contributed by atoms with Gasteiger partial charge in [-0.2, -0.15) is 0 Å². The van der Waals surface area contributed by atoms with E-state index in [-0.39, 0.29) is 5.04 Å². The zero-order valence-corrected chi connectivity index (χ0v) is 5.09. The second-order valence-corrected chi connectivity index (χ2v) is 1.71. The first-order valence-corrected chi connectivity index (χ1v) is 3.01. The van der Waals surface area contributed by atoms with Crippen LogP contribution < -0.4 is 0 Å². The van der Waals surface area contributed by atoms with E-state index in [1.165, 1.54) is 11.8 Å². The Hall–Kier alpha value is -0.710. The third kappa shape index (κ3) is 2.46. The summed E-state index contributed by atoms with van der Waals surface area (Å²) in [5, 5.41) is 21.6. The van der Waals surface area contributed by atoms with Crippen molar-refractivity contribution >= 4 is 23.0 Å². The molecule has 0 unspecified atom stereocenters. The third-order valence-corrected chi connectivity index (χ3v) is 1.08. The van der Waals surface area contributed by atoms with Gasteiger partial charge in [-0.05, 0) is 6.26 Å². The minimum atomic E-state index is 0.271. The molecule has 0 atom stereocenters. The van der Waals surface area contributed by atoms with Crippen LogP contribution in [0, 0.1) is 0 Å². The Morgan fingerprint density at radius 2 is 2.25 bits per heavy atom. The molecule has 2 N–H and O–H groups in total. The highest BCUT2D eigenvalue weighted by atomic mass is 32.2. The van der Waals surface area contributed by atoms with E-state index in [0.717, 1.165) is 6.21 Å². The summed E-state index contributed by atoms with van der Waals surface area (Å²) in [6.07, 6.45) is 2.75. The van der Waals surface area contributed by atoms with Crippen LogP contribution in [0.1, 0.15) is 0 Å². The highest BCUT2D eigenvalue weighted by Gasteiger charge is 1.87. The molecule has 0 aromatic heterocycles. The maximum atomic E-state index is 8.02. The molecule has 0 saturated heterocycles. The van der Waals surface area contributed by atoms with Crippen molar-refractivity contribution in [2.24, 2.45) is 10.3 Å². The van der Waals surface area contributed by atoms with E-state index < -0.39 is 0 Å². The van der Waals surface area contributed by atoms with E-state index in [1.807, 2.05) is 0 Å². The second-order valence-electron chi connectivity index (χ2n) is 0.887. The van der Waals surface area contributed by atoms with Crippen molar-refractivity contribution in [3.8, 4) is 0 Å². The van der Waals surface area contributed by atoms with Gasteiger partial charge in [0, 0.05) is 0 Å². The summed E-state index contributed by atoms with van der Waals surface area (Å²) in [6.45, 7) is 0. The molecule has 4 nitrogen and oxygen atoms in total. The average molecular weight is 134 g/mol. The Balaban J connectivity index is 3.72. The molecule has 8 heavy (non-hydrogen) atoms. The molecule has 0 aliphatic rings. The summed E-state index contributed by atoms with van der Waals surface area (Å²) in [5.41, 5.74) is 0. The monoisotopic (exact) mass is 134 g/mol. The van der Waals surface area contributed by atoms with Crippen molar-refractivity contribution < 1.29 is 10.4 Å². The van der Waals surface area contributed by atoms with Crippen LogP contribution in [0.25, 0.3) is 0 Å². The molecular weight excluding hydrogens is 128 g/mol. The van der Waals surface area contributed by atoms with Gasteiger partial charge in [-0.25, -0.2) is 0 Å². The molecule has 0 spiro atoms. The Kier molecular flexibility index (Phi) is 4.05. The van der Waals surface area contributed by atoms with Crippen LogP contribution in [0.2, 0.25) is 0 Å². The molecule has 0 heterocycles. The Morgan fingerprint density at radius 3 is 2.38 bits per heavy atom. The second kappa shape index (κ2) is 4.45. The van der Waals surface area contributed by atoms with Crippen LogP contribution in [0.15, 0.2) is 10.3 Å². The van der Waals surface area contributed by atoms with E-state index in [2.05, 4.69) is 10.3 Å². The van der Waals surface area contributed by atoms with Crippen LogP contribution in [-0.4, -0.2) is 27.9 Å². The van der Waals surface area contributed by atoms with Crippen LogP contribution in [0.4, 0.5) is 0 Å². The number of hydrogen-bond donors (Lipinski definition) is 2. The minimum absolute atomic E-state index is 0.271. The number of oxime groups is 2. The SMILES string of the molecule is CSC(/C=N\O)=N\O. The van der Waals surface area contributed by atoms with Gasteiger partial charge in [0.15, 0.2) is 5.04 Å². The maximum absolute atomic E-state index is 8.02. The van der Waals surface area contributed by atoms with Gasteiger partial charge in [0.05, 0.1) is 0 Å². The minimum Gasteiger partial charge on any atom is -0.411 e. The molecule has 0 rings (SSSR count). The molecule has 0 aliphatic carbocycles. The molecule has 5 heteroatoms. The van der Waals surface area contributed by atoms with Gasteiger partial charge in [0.2, 0.25) is 0 Å². The molecular formula is C3H6N2O2S. The van der Waals surface area contributed by atoms with Crippen molar-refractivity contribution in [3.63, 3.8) is 0 Å². The zero-order valence-electron chi connectivity index (χ0n) is 4.27. The first-order chi connectivity index (χ1) is 3.85. The quantitative estimate of drug-likeness (QED) is 0.239. The molecule has 46 valence electrons. The van der Waals surface area contributed by atoms with E-state index in [9.17, 15) is 0 Å². The highest BCUT2D eigenvalue weighted by molar-refractivity contribution is 8.14. The predicted molar refractivity (Wildman–Crippen MR) is 33.0 cm³/mol. The van der Waals surface area contributed by atoms with Gasteiger partial charge in [0.25, 0.3) is 0 Å². The Bertz CT molecular complexity index is 109. The maximum Gasteiger partial charge on any atom is 0.157 e. The number of rotatable bonds is 1. The van der Waals surface area contributed by atoms with Gasteiger partial charge >= 0.3 is 0 Å². The van der Waals surface area contributed by atoms with Crippen LogP contribution >= 0.6 is 11.8 Å². The molecule has 0 bridgehead atoms. The number of hydrogen-bond acceptors (Lipinski definition) is 5. The number of thioether (sulfide) groups is 1. The van der Waals surface area contributed by atoms with Gasteiger partial charge in [-0.1, -0.05) is 10.3 Å². The standard InChI is InChI=1S/C3H6N2O2S/c1-8-3(5-7)2-4-6/h2,6-7H,1H3/b4-2-,5-3-. The molecule has 0 aliphatic heterocycles. The van der Waals surface area contributed by atoms with Gasteiger partial charge in [0.1, 0.15) is 6.21 Å². The lowest BCUT2D eigenvalue weighted by molar-refractivity contribution is 0.317. The van der Waals surface area contributed by atoms with E-state index >= 15 is 0 Å². The fourth-order valence-corrected chi connectivity index (χ4v) is 0.403. The number of nitrogens with zero attached hydrogens (tertiary/aromatic N) is 2. The lowest BCUT2D eigenvalue weighted by Gasteiger charge is -1.84. The van der Waals surface area contributed by atoms with Crippen molar-refractivity contribution in [1.82, 2.24) is 0 Å². The fraction of sp³-hybridized carbons (Fsp3) is 0.333. The molecule has 0 fully saturated rings. The predicted octanol–water partition coefficient (Wildman–Crippen LogP) is 0.597. The van der Waals surface area contributed by atoms with Gasteiger partial charge in [-0.3, -0.25) is 0 Å². The van der Waals surface area contributed by atoms with Crippen molar-refractivity contribution in [2.45, 2.75) is 0 Å².